The molecule has 0 aliphatic rings. The molecule has 1 rings (SSSR count). The summed E-state index contributed by atoms with van der Waals surface area (Å²) in [4.78, 5) is 22.6. The van der Waals surface area contributed by atoms with Crippen molar-refractivity contribution in [1.29, 1.82) is 0 Å². The van der Waals surface area contributed by atoms with Crippen LogP contribution in [0.2, 0.25) is 0 Å². The first-order valence-corrected chi connectivity index (χ1v) is 7.42. The van der Waals surface area contributed by atoms with Gasteiger partial charge in [-0.3, -0.25) is 14.9 Å². The Kier molecular flexibility index (Phi) is 6.35. The minimum Gasteiger partial charge on any atom is -0.316 e. The third-order valence-corrected chi connectivity index (χ3v) is 4.00. The smallest absolute Gasteiger partial charge is 0.289 e. The predicted octanol–water partition coefficient (Wildman–Crippen LogP) is 2.46. The third kappa shape index (κ3) is 4.14. The van der Waals surface area contributed by atoms with E-state index in [9.17, 15) is 14.9 Å². The Morgan fingerprint density at radius 3 is 2.75 bits per heavy atom. The van der Waals surface area contributed by atoms with Crippen LogP contribution in [0.4, 0.5) is 5.69 Å². The van der Waals surface area contributed by atoms with E-state index in [2.05, 4.69) is 28.2 Å². The molecule has 0 saturated heterocycles. The molecule has 0 saturated carbocycles. The van der Waals surface area contributed by atoms with E-state index in [0.29, 0.717) is 12.1 Å². The molecule has 1 aromatic heterocycles. The van der Waals surface area contributed by atoms with Crippen molar-refractivity contribution in [2.75, 3.05) is 13.1 Å². The average Bonchev–Trinajstić information content (AvgIpc) is 2.39. The zero-order valence-corrected chi connectivity index (χ0v) is 13.6. The maximum absolute atomic E-state index is 12.1. The molecule has 1 aromatic rings. The molecule has 1 unspecified atom stereocenters. The van der Waals surface area contributed by atoms with Gasteiger partial charge in [0.2, 0.25) is 0 Å². The Morgan fingerprint density at radius 2 is 2.20 bits per heavy atom. The van der Waals surface area contributed by atoms with E-state index in [4.69, 9.17) is 0 Å². The highest BCUT2D eigenvalue weighted by atomic mass is 79.9. The Morgan fingerprint density at radius 1 is 1.55 bits per heavy atom. The van der Waals surface area contributed by atoms with Crippen LogP contribution >= 0.6 is 15.9 Å². The highest BCUT2D eigenvalue weighted by molar-refractivity contribution is 9.10. The molecule has 0 aromatic carbocycles. The van der Waals surface area contributed by atoms with Crippen LogP contribution in [-0.4, -0.2) is 22.6 Å². The minimum atomic E-state index is -0.462. The molecule has 7 heteroatoms. The molecular formula is C13H20BrN3O3. The summed E-state index contributed by atoms with van der Waals surface area (Å²) in [6.07, 6.45) is 2.38. The van der Waals surface area contributed by atoms with Gasteiger partial charge in [-0.2, -0.15) is 0 Å². The standard InChI is InChI=1S/C13H20BrN3O3/c1-4-5-15-6-9(2)7-16-8-11(17(19)20)10(3)12(14)13(16)18/h8-9,15H,4-7H2,1-3H3. The van der Waals surface area contributed by atoms with Crippen LogP contribution in [0, 0.1) is 23.0 Å². The summed E-state index contributed by atoms with van der Waals surface area (Å²) >= 11 is 3.15. The first-order valence-electron chi connectivity index (χ1n) is 6.63. The fourth-order valence-electron chi connectivity index (χ4n) is 1.95. The van der Waals surface area contributed by atoms with Gasteiger partial charge in [-0.25, -0.2) is 0 Å². The van der Waals surface area contributed by atoms with Gasteiger partial charge in [0.25, 0.3) is 11.2 Å². The molecule has 20 heavy (non-hydrogen) atoms. The zero-order valence-electron chi connectivity index (χ0n) is 12.0. The van der Waals surface area contributed by atoms with Crippen molar-refractivity contribution in [2.45, 2.75) is 33.7 Å². The zero-order chi connectivity index (χ0) is 15.3. The lowest BCUT2D eigenvalue weighted by molar-refractivity contribution is -0.386. The van der Waals surface area contributed by atoms with Crippen LogP contribution in [-0.2, 0) is 6.54 Å². The van der Waals surface area contributed by atoms with E-state index >= 15 is 0 Å². The molecule has 1 heterocycles. The molecule has 112 valence electrons. The molecular weight excluding hydrogens is 326 g/mol. The number of nitro groups is 1. The van der Waals surface area contributed by atoms with Gasteiger partial charge in [-0.1, -0.05) is 13.8 Å². The van der Waals surface area contributed by atoms with E-state index in [0.717, 1.165) is 19.5 Å². The summed E-state index contributed by atoms with van der Waals surface area (Å²) in [6.45, 7) is 7.82. The fraction of sp³-hybridized carbons (Fsp3) is 0.615. The average molecular weight is 346 g/mol. The van der Waals surface area contributed by atoms with Crippen molar-refractivity contribution in [3.63, 3.8) is 0 Å². The largest absolute Gasteiger partial charge is 0.316 e. The summed E-state index contributed by atoms with van der Waals surface area (Å²) in [5, 5.41) is 14.3. The van der Waals surface area contributed by atoms with Gasteiger partial charge >= 0.3 is 0 Å². The number of aromatic nitrogens is 1. The van der Waals surface area contributed by atoms with Gasteiger partial charge < -0.3 is 9.88 Å². The summed E-state index contributed by atoms with van der Waals surface area (Å²) in [5.41, 5.74) is 0.105. The first kappa shape index (κ1) is 16.8. The molecule has 0 bridgehead atoms. The van der Waals surface area contributed by atoms with E-state index in [1.54, 1.807) is 6.92 Å². The number of halogens is 1. The lowest BCUT2D eigenvalue weighted by Crippen LogP contribution is -2.30. The number of hydrogen-bond acceptors (Lipinski definition) is 4. The molecule has 0 fully saturated rings. The second-order valence-electron chi connectivity index (χ2n) is 4.98. The number of nitrogens with zero attached hydrogens (tertiary/aromatic N) is 2. The predicted molar refractivity (Wildman–Crippen MR) is 82.1 cm³/mol. The molecule has 1 atom stereocenters. The quantitative estimate of drug-likeness (QED) is 0.467. The lowest BCUT2D eigenvalue weighted by Gasteiger charge is -2.15. The summed E-state index contributed by atoms with van der Waals surface area (Å²) in [7, 11) is 0. The summed E-state index contributed by atoms with van der Waals surface area (Å²) < 4.78 is 1.67. The highest BCUT2D eigenvalue weighted by Gasteiger charge is 2.19. The maximum Gasteiger partial charge on any atom is 0.289 e. The number of rotatable bonds is 7. The molecule has 0 radical (unpaired) electrons. The summed E-state index contributed by atoms with van der Waals surface area (Å²) in [5.74, 6) is 0.216. The van der Waals surface area contributed by atoms with Crippen molar-refractivity contribution < 1.29 is 4.92 Å². The van der Waals surface area contributed by atoms with Crippen molar-refractivity contribution in [3.8, 4) is 0 Å². The van der Waals surface area contributed by atoms with Crippen LogP contribution in [0.25, 0.3) is 0 Å². The third-order valence-electron chi connectivity index (χ3n) is 3.06. The van der Waals surface area contributed by atoms with Crippen molar-refractivity contribution in [1.82, 2.24) is 9.88 Å². The number of nitrogens with one attached hydrogen (secondary N) is 1. The van der Waals surface area contributed by atoms with Gasteiger partial charge in [0.05, 0.1) is 15.6 Å². The highest BCUT2D eigenvalue weighted by Crippen LogP contribution is 2.22. The van der Waals surface area contributed by atoms with E-state index in [1.807, 2.05) is 6.92 Å². The monoisotopic (exact) mass is 345 g/mol. The fourth-order valence-corrected chi connectivity index (χ4v) is 2.38. The normalized spacial score (nSPS) is 12.4. The summed E-state index contributed by atoms with van der Waals surface area (Å²) in [6, 6.07) is 0. The number of hydrogen-bond donors (Lipinski definition) is 1. The van der Waals surface area contributed by atoms with Crippen LogP contribution < -0.4 is 10.9 Å². The molecule has 0 aliphatic carbocycles. The van der Waals surface area contributed by atoms with E-state index < -0.39 is 4.92 Å². The number of pyridine rings is 1. The molecule has 6 nitrogen and oxygen atoms in total. The minimum absolute atomic E-state index is 0.0369. The van der Waals surface area contributed by atoms with Crippen molar-refractivity contribution >= 4 is 21.6 Å². The molecule has 0 aliphatic heterocycles. The van der Waals surface area contributed by atoms with Crippen LogP contribution in [0.15, 0.2) is 15.5 Å². The first-order chi connectivity index (χ1) is 9.38. The Hall–Kier alpha value is -1.21. The lowest BCUT2D eigenvalue weighted by atomic mass is 10.1. The second-order valence-corrected chi connectivity index (χ2v) is 5.77. The maximum atomic E-state index is 12.1. The molecule has 1 N–H and O–H groups in total. The topological polar surface area (TPSA) is 77.2 Å². The van der Waals surface area contributed by atoms with Crippen molar-refractivity contribution in [2.24, 2.45) is 5.92 Å². The molecule has 0 amide bonds. The van der Waals surface area contributed by atoms with Crippen molar-refractivity contribution in [3.05, 3.63) is 36.7 Å². The Labute approximate surface area is 126 Å². The van der Waals surface area contributed by atoms with Crippen LogP contribution in [0.3, 0.4) is 0 Å². The SMILES string of the molecule is CCCNCC(C)Cn1cc([N+](=O)[O-])c(C)c(Br)c1=O. The van der Waals surface area contributed by atoms with E-state index in [-0.39, 0.29) is 21.6 Å². The van der Waals surface area contributed by atoms with E-state index in [1.165, 1.54) is 10.8 Å². The molecule has 0 spiro atoms. The second kappa shape index (κ2) is 7.54. The van der Waals surface area contributed by atoms with Gasteiger partial charge in [0, 0.05) is 12.1 Å². The van der Waals surface area contributed by atoms with Gasteiger partial charge in [0.1, 0.15) is 0 Å². The van der Waals surface area contributed by atoms with Crippen LogP contribution in [0.1, 0.15) is 25.8 Å². The van der Waals surface area contributed by atoms with Gasteiger partial charge in [0.15, 0.2) is 0 Å². The Bertz CT molecular complexity index is 542. The van der Waals surface area contributed by atoms with Gasteiger partial charge in [-0.05, 0) is 48.3 Å². The van der Waals surface area contributed by atoms with Gasteiger partial charge in [-0.15, -0.1) is 0 Å². The Balaban J connectivity index is 2.95. The van der Waals surface area contributed by atoms with Crippen LogP contribution in [0.5, 0.6) is 0 Å².